The molecule has 0 aliphatic heterocycles. The minimum atomic E-state index is -1.01. The van der Waals surface area contributed by atoms with Gasteiger partial charge >= 0.3 is 5.97 Å². The zero-order valence-corrected chi connectivity index (χ0v) is 19.4. The summed E-state index contributed by atoms with van der Waals surface area (Å²) in [6.45, 7) is 0.123. The number of nitriles is 1. The summed E-state index contributed by atoms with van der Waals surface area (Å²) < 4.78 is 11.2. The predicted molar refractivity (Wildman–Crippen MR) is 129 cm³/mol. The number of halogens is 2. The number of nitrogens with one attached hydrogen (secondary N) is 1. The van der Waals surface area contributed by atoms with Crippen LogP contribution in [-0.4, -0.2) is 24.1 Å². The molecule has 2 N–H and O–H groups in total. The third kappa shape index (κ3) is 6.29. The van der Waals surface area contributed by atoms with E-state index in [2.05, 4.69) is 5.32 Å². The van der Waals surface area contributed by atoms with Gasteiger partial charge in [-0.15, -0.1) is 0 Å². The van der Waals surface area contributed by atoms with Crippen LogP contribution >= 0.6 is 23.2 Å². The molecule has 0 aromatic heterocycles. The number of anilines is 1. The zero-order chi connectivity index (χ0) is 24.7. The quantitative estimate of drug-likeness (QED) is 0.300. The molecule has 0 atom stereocenters. The van der Waals surface area contributed by atoms with Gasteiger partial charge in [0.25, 0.3) is 5.91 Å². The van der Waals surface area contributed by atoms with Crippen LogP contribution in [0.15, 0.2) is 66.2 Å². The summed E-state index contributed by atoms with van der Waals surface area (Å²) >= 11 is 12.2. The third-order valence-corrected chi connectivity index (χ3v) is 5.15. The van der Waals surface area contributed by atoms with E-state index in [1.54, 1.807) is 48.5 Å². The number of carbonyl (C=O) groups is 2. The molecule has 172 valence electrons. The van der Waals surface area contributed by atoms with Gasteiger partial charge in [0, 0.05) is 10.7 Å². The van der Waals surface area contributed by atoms with Crippen LogP contribution < -0.4 is 14.8 Å². The van der Waals surface area contributed by atoms with E-state index in [4.69, 9.17) is 37.8 Å². The Labute approximate surface area is 205 Å². The van der Waals surface area contributed by atoms with Crippen molar-refractivity contribution in [1.82, 2.24) is 0 Å². The Kier molecular flexibility index (Phi) is 8.14. The second-order valence-electron chi connectivity index (χ2n) is 6.96. The van der Waals surface area contributed by atoms with Crippen molar-refractivity contribution >= 4 is 46.8 Å². The van der Waals surface area contributed by atoms with Crippen molar-refractivity contribution < 1.29 is 24.2 Å². The standard InChI is InChI=1S/C25H18Cl2N2O5/c1-33-22-12-16(10-18(13-28)24(30)29-20-8-6-19(26)7-9-20)11-21(27)23(22)34-14-15-2-4-17(5-3-15)25(31)32/h2-12H,14H2,1H3,(H,29,30)(H,31,32). The maximum absolute atomic E-state index is 12.5. The van der Waals surface area contributed by atoms with E-state index < -0.39 is 11.9 Å². The first-order valence-electron chi connectivity index (χ1n) is 9.82. The number of rotatable bonds is 8. The Hall–Kier alpha value is -3.99. The summed E-state index contributed by atoms with van der Waals surface area (Å²) in [6, 6.07) is 17.7. The first kappa shape index (κ1) is 24.6. The number of amides is 1. The highest BCUT2D eigenvalue weighted by molar-refractivity contribution is 6.32. The molecule has 0 saturated carbocycles. The highest BCUT2D eigenvalue weighted by Gasteiger charge is 2.15. The molecule has 34 heavy (non-hydrogen) atoms. The number of carboxylic acids is 1. The van der Waals surface area contributed by atoms with Crippen LogP contribution in [-0.2, 0) is 11.4 Å². The van der Waals surface area contributed by atoms with Crippen LogP contribution in [0.4, 0.5) is 5.69 Å². The van der Waals surface area contributed by atoms with Crippen molar-refractivity contribution in [2.24, 2.45) is 0 Å². The second-order valence-corrected chi connectivity index (χ2v) is 7.80. The smallest absolute Gasteiger partial charge is 0.335 e. The zero-order valence-electron chi connectivity index (χ0n) is 17.8. The Bertz CT molecular complexity index is 1280. The molecule has 3 rings (SSSR count). The van der Waals surface area contributed by atoms with Crippen molar-refractivity contribution in [1.29, 1.82) is 5.26 Å². The van der Waals surface area contributed by atoms with E-state index >= 15 is 0 Å². The fourth-order valence-electron chi connectivity index (χ4n) is 2.91. The molecular weight excluding hydrogens is 479 g/mol. The fraction of sp³-hybridized carbons (Fsp3) is 0.0800. The van der Waals surface area contributed by atoms with E-state index in [0.717, 1.165) is 5.56 Å². The molecule has 0 aliphatic rings. The number of carboxylic acid groups (broad SMARTS) is 1. The molecule has 0 aliphatic carbocycles. The molecular formula is C25H18Cl2N2O5. The van der Waals surface area contributed by atoms with Gasteiger partial charge in [0.2, 0.25) is 0 Å². The van der Waals surface area contributed by atoms with Gasteiger partial charge in [-0.25, -0.2) is 4.79 Å². The Morgan fingerprint density at radius 3 is 2.35 bits per heavy atom. The van der Waals surface area contributed by atoms with E-state index in [9.17, 15) is 14.9 Å². The van der Waals surface area contributed by atoms with Crippen LogP contribution in [0.1, 0.15) is 21.5 Å². The number of carbonyl (C=O) groups excluding carboxylic acids is 1. The van der Waals surface area contributed by atoms with E-state index in [1.165, 1.54) is 25.3 Å². The molecule has 0 bridgehead atoms. The molecule has 0 unspecified atom stereocenters. The summed E-state index contributed by atoms with van der Waals surface area (Å²) in [4.78, 5) is 23.5. The van der Waals surface area contributed by atoms with Crippen LogP contribution in [0.3, 0.4) is 0 Å². The lowest BCUT2D eigenvalue weighted by molar-refractivity contribution is -0.112. The second kappa shape index (κ2) is 11.2. The lowest BCUT2D eigenvalue weighted by Gasteiger charge is -2.14. The number of hydrogen-bond acceptors (Lipinski definition) is 5. The first-order valence-corrected chi connectivity index (χ1v) is 10.6. The predicted octanol–water partition coefficient (Wildman–Crippen LogP) is 5.82. The molecule has 0 radical (unpaired) electrons. The van der Waals surface area contributed by atoms with Gasteiger partial charge in [-0.3, -0.25) is 4.79 Å². The molecule has 7 nitrogen and oxygen atoms in total. The summed E-state index contributed by atoms with van der Waals surface area (Å²) in [7, 11) is 1.44. The maximum atomic E-state index is 12.5. The van der Waals surface area contributed by atoms with Gasteiger partial charge < -0.3 is 19.9 Å². The molecule has 0 heterocycles. The minimum absolute atomic E-state index is 0.123. The number of methoxy groups -OCH3 is 1. The number of benzene rings is 3. The number of aromatic carboxylic acids is 1. The minimum Gasteiger partial charge on any atom is -0.493 e. The highest BCUT2D eigenvalue weighted by atomic mass is 35.5. The SMILES string of the molecule is COc1cc(C=C(C#N)C(=O)Nc2ccc(Cl)cc2)cc(Cl)c1OCc1ccc(C(=O)O)cc1. The van der Waals surface area contributed by atoms with Gasteiger partial charge in [0.15, 0.2) is 11.5 Å². The number of ether oxygens (including phenoxy) is 2. The largest absolute Gasteiger partial charge is 0.493 e. The van der Waals surface area contributed by atoms with Gasteiger partial charge in [-0.05, 0) is 65.7 Å². The molecule has 3 aromatic carbocycles. The maximum Gasteiger partial charge on any atom is 0.335 e. The van der Waals surface area contributed by atoms with E-state index in [-0.39, 0.29) is 28.5 Å². The van der Waals surface area contributed by atoms with Crippen molar-refractivity contribution in [2.45, 2.75) is 6.61 Å². The van der Waals surface area contributed by atoms with Gasteiger partial charge in [0.05, 0.1) is 17.7 Å². The Morgan fingerprint density at radius 2 is 1.76 bits per heavy atom. The lowest BCUT2D eigenvalue weighted by atomic mass is 10.1. The number of hydrogen-bond donors (Lipinski definition) is 2. The van der Waals surface area contributed by atoms with Crippen molar-refractivity contribution in [3.63, 3.8) is 0 Å². The van der Waals surface area contributed by atoms with Crippen molar-refractivity contribution in [3.8, 4) is 17.6 Å². The highest BCUT2D eigenvalue weighted by Crippen LogP contribution is 2.37. The summed E-state index contributed by atoms with van der Waals surface area (Å²) in [5.41, 5.74) is 1.72. The van der Waals surface area contributed by atoms with Gasteiger partial charge in [0.1, 0.15) is 18.2 Å². The third-order valence-electron chi connectivity index (χ3n) is 4.61. The van der Waals surface area contributed by atoms with E-state index in [0.29, 0.717) is 22.0 Å². The Balaban J connectivity index is 1.78. The van der Waals surface area contributed by atoms with Crippen molar-refractivity contribution in [2.75, 3.05) is 12.4 Å². The van der Waals surface area contributed by atoms with E-state index in [1.807, 2.05) is 6.07 Å². The summed E-state index contributed by atoms with van der Waals surface area (Å²) in [6.07, 6.45) is 1.38. The van der Waals surface area contributed by atoms with Crippen LogP contribution in [0.25, 0.3) is 6.08 Å². The van der Waals surface area contributed by atoms with Crippen LogP contribution in [0.5, 0.6) is 11.5 Å². The van der Waals surface area contributed by atoms with Crippen LogP contribution in [0, 0.1) is 11.3 Å². The first-order chi connectivity index (χ1) is 16.3. The lowest BCUT2D eigenvalue weighted by Crippen LogP contribution is -2.13. The number of nitrogens with zero attached hydrogens (tertiary/aromatic N) is 1. The molecule has 1 amide bonds. The summed E-state index contributed by atoms with van der Waals surface area (Å²) in [5.74, 6) is -1.03. The van der Waals surface area contributed by atoms with Gasteiger partial charge in [-0.2, -0.15) is 5.26 Å². The molecule has 0 fully saturated rings. The summed E-state index contributed by atoms with van der Waals surface area (Å²) in [5, 5.41) is 21.8. The monoisotopic (exact) mass is 496 g/mol. The van der Waals surface area contributed by atoms with Crippen LogP contribution in [0.2, 0.25) is 10.0 Å². The van der Waals surface area contributed by atoms with Crippen molar-refractivity contribution in [3.05, 3.63) is 93.0 Å². The Morgan fingerprint density at radius 1 is 1.09 bits per heavy atom. The molecule has 0 saturated heterocycles. The topological polar surface area (TPSA) is 109 Å². The average Bonchev–Trinajstić information content (AvgIpc) is 2.83. The molecule has 0 spiro atoms. The normalized spacial score (nSPS) is 10.8. The molecule has 9 heteroatoms. The van der Waals surface area contributed by atoms with Gasteiger partial charge in [-0.1, -0.05) is 35.3 Å². The fourth-order valence-corrected chi connectivity index (χ4v) is 3.31. The average molecular weight is 497 g/mol. The molecule has 3 aromatic rings.